The van der Waals surface area contributed by atoms with E-state index in [0.29, 0.717) is 6.04 Å². The second-order valence-corrected chi connectivity index (χ2v) is 7.35. The number of piperazine rings is 1. The summed E-state index contributed by atoms with van der Waals surface area (Å²) >= 11 is 0. The van der Waals surface area contributed by atoms with E-state index in [1.165, 1.54) is 25.7 Å². The highest BCUT2D eigenvalue weighted by atomic mass is 16.3. The Bertz CT molecular complexity index is 540. The molecule has 0 bridgehead atoms. The van der Waals surface area contributed by atoms with Gasteiger partial charge in [0.1, 0.15) is 5.82 Å². The zero-order chi connectivity index (χ0) is 16.4. The van der Waals surface area contributed by atoms with Gasteiger partial charge in [-0.15, -0.1) is 0 Å². The van der Waals surface area contributed by atoms with E-state index in [2.05, 4.69) is 19.7 Å². The molecule has 3 heterocycles. The SMILES string of the molecule is OC1CCCCC1N1CCN(c2ccnc(N3CCCC3)n2)CC1. The summed E-state index contributed by atoms with van der Waals surface area (Å²) in [5, 5.41) is 10.3. The fourth-order valence-corrected chi connectivity index (χ4v) is 4.39. The minimum absolute atomic E-state index is 0.133. The highest BCUT2D eigenvalue weighted by Crippen LogP contribution is 2.25. The van der Waals surface area contributed by atoms with E-state index in [9.17, 15) is 5.11 Å². The smallest absolute Gasteiger partial charge is 0.227 e. The molecule has 1 aromatic rings. The summed E-state index contributed by atoms with van der Waals surface area (Å²) in [6.07, 6.45) is 8.81. The van der Waals surface area contributed by atoms with Gasteiger partial charge in [0.2, 0.25) is 5.95 Å². The van der Waals surface area contributed by atoms with Crippen LogP contribution in [0, 0.1) is 0 Å². The van der Waals surface area contributed by atoms with E-state index in [0.717, 1.165) is 63.9 Å². The van der Waals surface area contributed by atoms with Gasteiger partial charge < -0.3 is 14.9 Å². The molecule has 1 N–H and O–H groups in total. The first-order chi connectivity index (χ1) is 11.8. The molecule has 132 valence electrons. The van der Waals surface area contributed by atoms with Crippen LogP contribution in [0.3, 0.4) is 0 Å². The quantitative estimate of drug-likeness (QED) is 0.906. The first-order valence-electron chi connectivity index (χ1n) is 9.56. The Kier molecular flexibility index (Phi) is 4.85. The van der Waals surface area contributed by atoms with Crippen LogP contribution in [0.5, 0.6) is 0 Å². The fourth-order valence-electron chi connectivity index (χ4n) is 4.39. The summed E-state index contributed by atoms with van der Waals surface area (Å²) in [7, 11) is 0. The summed E-state index contributed by atoms with van der Waals surface area (Å²) < 4.78 is 0. The van der Waals surface area contributed by atoms with Crippen molar-refractivity contribution in [2.75, 3.05) is 49.1 Å². The number of anilines is 2. The average Bonchev–Trinajstić information content (AvgIpc) is 3.17. The van der Waals surface area contributed by atoms with Crippen molar-refractivity contribution in [1.82, 2.24) is 14.9 Å². The van der Waals surface area contributed by atoms with Crippen molar-refractivity contribution < 1.29 is 5.11 Å². The number of rotatable bonds is 3. The van der Waals surface area contributed by atoms with Crippen molar-refractivity contribution in [2.24, 2.45) is 0 Å². The molecule has 3 fully saturated rings. The van der Waals surface area contributed by atoms with E-state index >= 15 is 0 Å². The number of aliphatic hydroxyl groups is 1. The lowest BCUT2D eigenvalue weighted by Gasteiger charge is -2.43. The van der Waals surface area contributed by atoms with Crippen LogP contribution < -0.4 is 9.80 Å². The maximum Gasteiger partial charge on any atom is 0.227 e. The van der Waals surface area contributed by atoms with E-state index in [-0.39, 0.29) is 6.10 Å². The molecule has 2 atom stereocenters. The van der Waals surface area contributed by atoms with Gasteiger partial charge >= 0.3 is 0 Å². The van der Waals surface area contributed by atoms with Crippen LogP contribution in [0.4, 0.5) is 11.8 Å². The van der Waals surface area contributed by atoms with Crippen molar-refractivity contribution >= 4 is 11.8 Å². The Morgan fingerprint density at radius 2 is 1.62 bits per heavy atom. The second-order valence-electron chi connectivity index (χ2n) is 7.35. The summed E-state index contributed by atoms with van der Waals surface area (Å²) in [5.41, 5.74) is 0. The van der Waals surface area contributed by atoms with Gasteiger partial charge in [0, 0.05) is 51.5 Å². The van der Waals surface area contributed by atoms with Crippen molar-refractivity contribution in [3.63, 3.8) is 0 Å². The third kappa shape index (κ3) is 3.35. The maximum atomic E-state index is 10.3. The molecule has 4 rings (SSSR count). The van der Waals surface area contributed by atoms with E-state index in [1.807, 2.05) is 12.3 Å². The molecule has 0 aromatic carbocycles. The Labute approximate surface area is 144 Å². The molecule has 1 saturated carbocycles. The zero-order valence-corrected chi connectivity index (χ0v) is 14.5. The molecule has 6 heteroatoms. The van der Waals surface area contributed by atoms with Crippen LogP contribution in [-0.2, 0) is 0 Å². The number of aromatic nitrogens is 2. The minimum Gasteiger partial charge on any atom is -0.391 e. The Morgan fingerprint density at radius 3 is 2.38 bits per heavy atom. The molecule has 0 amide bonds. The fraction of sp³-hybridized carbons (Fsp3) is 0.778. The van der Waals surface area contributed by atoms with Gasteiger partial charge in [-0.05, 0) is 31.7 Å². The Hall–Kier alpha value is -1.40. The molecule has 3 aliphatic rings. The third-order valence-electron chi connectivity index (χ3n) is 5.82. The third-order valence-corrected chi connectivity index (χ3v) is 5.82. The highest BCUT2D eigenvalue weighted by Gasteiger charge is 2.31. The molecule has 1 aromatic heterocycles. The first kappa shape index (κ1) is 16.1. The normalized spacial score (nSPS) is 29.2. The van der Waals surface area contributed by atoms with Crippen LogP contribution >= 0.6 is 0 Å². The van der Waals surface area contributed by atoms with E-state index in [1.54, 1.807) is 0 Å². The monoisotopic (exact) mass is 331 g/mol. The molecule has 0 radical (unpaired) electrons. The number of hydrogen-bond donors (Lipinski definition) is 1. The molecule has 1 aliphatic carbocycles. The van der Waals surface area contributed by atoms with Crippen molar-refractivity contribution in [1.29, 1.82) is 0 Å². The lowest BCUT2D eigenvalue weighted by Crippen LogP contribution is -2.54. The number of nitrogens with zero attached hydrogens (tertiary/aromatic N) is 5. The van der Waals surface area contributed by atoms with Crippen molar-refractivity contribution in [3.8, 4) is 0 Å². The van der Waals surface area contributed by atoms with E-state index in [4.69, 9.17) is 4.98 Å². The average molecular weight is 331 g/mol. The molecule has 2 saturated heterocycles. The van der Waals surface area contributed by atoms with Gasteiger partial charge in [0.25, 0.3) is 0 Å². The Balaban J connectivity index is 1.38. The van der Waals surface area contributed by atoms with Crippen LogP contribution in [-0.4, -0.2) is 71.4 Å². The van der Waals surface area contributed by atoms with Crippen molar-refractivity contribution in [3.05, 3.63) is 12.3 Å². The topological polar surface area (TPSA) is 55.7 Å². The maximum absolute atomic E-state index is 10.3. The summed E-state index contributed by atoms with van der Waals surface area (Å²) in [4.78, 5) is 16.4. The first-order valence-corrected chi connectivity index (χ1v) is 9.56. The van der Waals surface area contributed by atoms with E-state index < -0.39 is 0 Å². The minimum atomic E-state index is -0.133. The number of hydrogen-bond acceptors (Lipinski definition) is 6. The summed E-state index contributed by atoms with van der Waals surface area (Å²) in [5.74, 6) is 1.94. The second kappa shape index (κ2) is 7.23. The van der Waals surface area contributed by atoms with Gasteiger partial charge in [-0.1, -0.05) is 12.8 Å². The van der Waals surface area contributed by atoms with Gasteiger partial charge in [0.15, 0.2) is 0 Å². The zero-order valence-electron chi connectivity index (χ0n) is 14.5. The summed E-state index contributed by atoms with van der Waals surface area (Å²) in [6, 6.07) is 2.40. The van der Waals surface area contributed by atoms with Gasteiger partial charge in [-0.2, -0.15) is 4.98 Å². The molecular formula is C18H29N5O. The molecule has 6 nitrogen and oxygen atoms in total. The largest absolute Gasteiger partial charge is 0.391 e. The van der Waals surface area contributed by atoms with Crippen molar-refractivity contribution in [2.45, 2.75) is 50.7 Å². The lowest BCUT2D eigenvalue weighted by atomic mass is 9.91. The molecule has 2 unspecified atom stereocenters. The van der Waals surface area contributed by atoms with Crippen LogP contribution in [0.1, 0.15) is 38.5 Å². The van der Waals surface area contributed by atoms with Crippen LogP contribution in [0.2, 0.25) is 0 Å². The van der Waals surface area contributed by atoms with Gasteiger partial charge in [-0.25, -0.2) is 4.98 Å². The molecule has 0 spiro atoms. The molecule has 24 heavy (non-hydrogen) atoms. The predicted octanol–water partition coefficient (Wildman–Crippen LogP) is 1.50. The van der Waals surface area contributed by atoms with Gasteiger partial charge in [0.05, 0.1) is 6.10 Å². The number of aliphatic hydroxyl groups excluding tert-OH is 1. The van der Waals surface area contributed by atoms with Gasteiger partial charge in [-0.3, -0.25) is 4.90 Å². The Morgan fingerprint density at radius 1 is 0.875 bits per heavy atom. The highest BCUT2D eigenvalue weighted by molar-refractivity contribution is 5.44. The van der Waals surface area contributed by atoms with Crippen LogP contribution in [0.15, 0.2) is 12.3 Å². The standard InChI is InChI=1S/C18H29N5O/c24-16-6-2-1-5-15(16)21-11-13-22(14-12-21)17-7-8-19-18(20-17)23-9-3-4-10-23/h7-8,15-16,24H,1-6,9-14H2. The molecule has 2 aliphatic heterocycles. The van der Waals surface area contributed by atoms with Crippen LogP contribution in [0.25, 0.3) is 0 Å². The predicted molar refractivity (Wildman–Crippen MR) is 95.5 cm³/mol. The summed E-state index contributed by atoms with van der Waals surface area (Å²) in [6.45, 7) is 6.17. The lowest BCUT2D eigenvalue weighted by molar-refractivity contribution is 0.0172. The molecular weight excluding hydrogens is 302 g/mol.